The summed E-state index contributed by atoms with van der Waals surface area (Å²) in [6, 6.07) is 2.19. The lowest BCUT2D eigenvalue weighted by Crippen LogP contribution is -2.31. The monoisotopic (exact) mass is 347 g/mol. The SMILES string of the molecule is NC1CCC(OCCNc2ncc(Cl)cc2Br)CC1. The molecular weight excluding hydrogens is 330 g/mol. The second-order valence-electron chi connectivity index (χ2n) is 4.82. The van der Waals surface area contributed by atoms with Gasteiger partial charge in [-0.2, -0.15) is 0 Å². The molecule has 0 unspecified atom stereocenters. The molecule has 0 aliphatic heterocycles. The number of halogens is 2. The molecule has 1 aromatic rings. The molecule has 106 valence electrons. The first-order valence-corrected chi connectivity index (χ1v) is 7.74. The zero-order chi connectivity index (χ0) is 13.7. The van der Waals surface area contributed by atoms with E-state index in [0.29, 0.717) is 23.8 Å². The van der Waals surface area contributed by atoms with Crippen molar-refractivity contribution >= 4 is 33.3 Å². The number of hydrogen-bond acceptors (Lipinski definition) is 4. The molecule has 0 radical (unpaired) electrons. The molecule has 1 aliphatic carbocycles. The van der Waals surface area contributed by atoms with Crippen LogP contribution in [0.4, 0.5) is 5.82 Å². The molecule has 19 heavy (non-hydrogen) atoms. The topological polar surface area (TPSA) is 60.2 Å². The van der Waals surface area contributed by atoms with Gasteiger partial charge in [0, 0.05) is 18.8 Å². The van der Waals surface area contributed by atoms with Crippen LogP contribution in [0.2, 0.25) is 5.02 Å². The van der Waals surface area contributed by atoms with Crippen molar-refractivity contribution in [1.29, 1.82) is 0 Å². The first-order valence-electron chi connectivity index (χ1n) is 6.57. The molecule has 0 aromatic carbocycles. The average Bonchev–Trinajstić information content (AvgIpc) is 2.39. The quantitative estimate of drug-likeness (QED) is 0.802. The molecule has 0 saturated heterocycles. The van der Waals surface area contributed by atoms with Gasteiger partial charge >= 0.3 is 0 Å². The lowest BCUT2D eigenvalue weighted by atomic mass is 9.94. The van der Waals surface area contributed by atoms with Gasteiger partial charge in [0.25, 0.3) is 0 Å². The Kier molecular flexibility index (Phi) is 5.88. The minimum atomic E-state index is 0.364. The van der Waals surface area contributed by atoms with E-state index in [9.17, 15) is 0 Å². The summed E-state index contributed by atoms with van der Waals surface area (Å²) in [7, 11) is 0. The maximum Gasteiger partial charge on any atom is 0.140 e. The first-order chi connectivity index (χ1) is 9.15. The molecule has 0 atom stereocenters. The van der Waals surface area contributed by atoms with Gasteiger partial charge in [-0.15, -0.1) is 0 Å². The Bertz CT molecular complexity index is 411. The number of nitrogens with two attached hydrogens (primary N) is 1. The lowest BCUT2D eigenvalue weighted by molar-refractivity contribution is 0.0313. The molecule has 1 aromatic heterocycles. The van der Waals surface area contributed by atoms with Crippen molar-refractivity contribution in [3.63, 3.8) is 0 Å². The molecule has 1 fully saturated rings. The third-order valence-electron chi connectivity index (χ3n) is 3.27. The van der Waals surface area contributed by atoms with Gasteiger partial charge in [0.1, 0.15) is 5.82 Å². The van der Waals surface area contributed by atoms with E-state index in [1.54, 1.807) is 6.20 Å². The van der Waals surface area contributed by atoms with Gasteiger partial charge in [0.2, 0.25) is 0 Å². The van der Waals surface area contributed by atoms with E-state index in [0.717, 1.165) is 42.5 Å². The predicted molar refractivity (Wildman–Crippen MR) is 81.6 cm³/mol. The number of rotatable bonds is 5. The maximum absolute atomic E-state index is 5.86. The van der Waals surface area contributed by atoms with Crippen LogP contribution in [0.15, 0.2) is 16.7 Å². The Morgan fingerprint density at radius 1 is 1.42 bits per heavy atom. The third kappa shape index (κ3) is 4.91. The van der Waals surface area contributed by atoms with E-state index in [4.69, 9.17) is 22.1 Å². The van der Waals surface area contributed by atoms with Crippen LogP contribution in [0.25, 0.3) is 0 Å². The zero-order valence-corrected chi connectivity index (χ0v) is 13.1. The van der Waals surface area contributed by atoms with Gasteiger partial charge < -0.3 is 15.8 Å². The normalized spacial score (nSPS) is 23.3. The fraction of sp³-hybridized carbons (Fsp3) is 0.615. The van der Waals surface area contributed by atoms with E-state index in [-0.39, 0.29) is 0 Å². The summed E-state index contributed by atoms with van der Waals surface area (Å²) in [5.74, 6) is 0.790. The molecule has 6 heteroatoms. The maximum atomic E-state index is 5.86. The second kappa shape index (κ2) is 7.43. The van der Waals surface area contributed by atoms with Crippen molar-refractivity contribution in [3.05, 3.63) is 21.8 Å². The molecule has 3 N–H and O–H groups in total. The van der Waals surface area contributed by atoms with Crippen molar-refractivity contribution in [2.24, 2.45) is 5.73 Å². The largest absolute Gasteiger partial charge is 0.376 e. The number of nitrogens with one attached hydrogen (secondary N) is 1. The zero-order valence-electron chi connectivity index (χ0n) is 10.7. The highest BCUT2D eigenvalue weighted by molar-refractivity contribution is 9.10. The number of ether oxygens (including phenoxy) is 1. The number of anilines is 1. The first kappa shape index (κ1) is 15.0. The molecule has 1 saturated carbocycles. The Balaban J connectivity index is 1.66. The van der Waals surface area contributed by atoms with E-state index in [1.807, 2.05) is 6.07 Å². The Morgan fingerprint density at radius 3 is 2.84 bits per heavy atom. The van der Waals surface area contributed by atoms with Gasteiger partial charge in [0.15, 0.2) is 0 Å². The highest BCUT2D eigenvalue weighted by atomic mass is 79.9. The predicted octanol–water partition coefficient (Wildman–Crippen LogP) is 3.20. The summed E-state index contributed by atoms with van der Waals surface area (Å²) in [5, 5.41) is 3.84. The molecule has 1 aliphatic rings. The van der Waals surface area contributed by atoms with Crippen LogP contribution in [0.5, 0.6) is 0 Å². The number of nitrogens with zero attached hydrogens (tertiary/aromatic N) is 1. The number of pyridine rings is 1. The minimum Gasteiger partial charge on any atom is -0.376 e. The van der Waals surface area contributed by atoms with E-state index >= 15 is 0 Å². The highest BCUT2D eigenvalue weighted by Gasteiger charge is 2.18. The fourth-order valence-electron chi connectivity index (χ4n) is 2.19. The van der Waals surface area contributed by atoms with Crippen molar-refractivity contribution < 1.29 is 4.74 Å². The standard InChI is InChI=1S/C13H19BrClN3O/c14-12-7-9(15)8-18-13(12)17-5-6-19-11-3-1-10(16)2-4-11/h7-8,10-11H,1-6,16H2,(H,17,18). The molecule has 2 rings (SSSR count). The Hall–Kier alpha value is -0.360. The molecule has 0 bridgehead atoms. The number of hydrogen-bond donors (Lipinski definition) is 2. The van der Waals surface area contributed by atoms with Gasteiger partial charge in [-0.05, 0) is 47.7 Å². The molecule has 0 spiro atoms. The Morgan fingerprint density at radius 2 is 2.16 bits per heavy atom. The van der Waals surface area contributed by atoms with E-state index in [2.05, 4.69) is 26.2 Å². The molecule has 1 heterocycles. The summed E-state index contributed by atoms with van der Waals surface area (Å²) in [5.41, 5.74) is 5.86. The van der Waals surface area contributed by atoms with Gasteiger partial charge in [-0.3, -0.25) is 0 Å². The minimum absolute atomic E-state index is 0.364. The van der Waals surface area contributed by atoms with Gasteiger partial charge in [0.05, 0.1) is 22.2 Å². The van der Waals surface area contributed by atoms with Crippen LogP contribution in [0.1, 0.15) is 25.7 Å². The summed E-state index contributed by atoms with van der Waals surface area (Å²) in [6.07, 6.45) is 6.28. The second-order valence-corrected chi connectivity index (χ2v) is 6.11. The molecular formula is C13H19BrClN3O. The van der Waals surface area contributed by atoms with Gasteiger partial charge in [-0.1, -0.05) is 11.6 Å². The van der Waals surface area contributed by atoms with Crippen molar-refractivity contribution in [2.75, 3.05) is 18.5 Å². The lowest BCUT2D eigenvalue weighted by Gasteiger charge is -2.26. The van der Waals surface area contributed by atoms with Gasteiger partial charge in [-0.25, -0.2) is 4.98 Å². The summed E-state index contributed by atoms with van der Waals surface area (Å²) in [6.45, 7) is 1.41. The van der Waals surface area contributed by atoms with Crippen LogP contribution in [0, 0.1) is 0 Å². The highest BCUT2D eigenvalue weighted by Crippen LogP contribution is 2.23. The van der Waals surface area contributed by atoms with Crippen LogP contribution < -0.4 is 11.1 Å². The van der Waals surface area contributed by atoms with Crippen LogP contribution in [-0.2, 0) is 4.74 Å². The van der Waals surface area contributed by atoms with Crippen LogP contribution >= 0.6 is 27.5 Å². The summed E-state index contributed by atoms with van der Waals surface area (Å²) in [4.78, 5) is 4.21. The van der Waals surface area contributed by atoms with E-state index in [1.165, 1.54) is 0 Å². The fourth-order valence-corrected chi connectivity index (χ4v) is 2.97. The van der Waals surface area contributed by atoms with Crippen LogP contribution in [0.3, 0.4) is 0 Å². The molecule has 0 amide bonds. The van der Waals surface area contributed by atoms with Crippen molar-refractivity contribution in [3.8, 4) is 0 Å². The Labute approximate surface area is 127 Å². The smallest absolute Gasteiger partial charge is 0.140 e. The average molecular weight is 349 g/mol. The van der Waals surface area contributed by atoms with E-state index < -0.39 is 0 Å². The molecule has 4 nitrogen and oxygen atoms in total. The third-order valence-corrected chi connectivity index (χ3v) is 4.09. The summed E-state index contributed by atoms with van der Waals surface area (Å²) < 4.78 is 6.69. The van der Waals surface area contributed by atoms with Crippen molar-refractivity contribution in [2.45, 2.75) is 37.8 Å². The van der Waals surface area contributed by atoms with Crippen molar-refractivity contribution in [1.82, 2.24) is 4.98 Å². The summed E-state index contributed by atoms with van der Waals surface area (Å²) >= 11 is 9.25. The van der Waals surface area contributed by atoms with Crippen LogP contribution in [-0.4, -0.2) is 30.3 Å². The number of aromatic nitrogens is 1.